The van der Waals surface area contributed by atoms with Gasteiger partial charge in [-0.25, -0.2) is 0 Å². The topological polar surface area (TPSA) is 38.3 Å². The van der Waals surface area contributed by atoms with E-state index >= 15 is 0 Å². The highest BCUT2D eigenvalue weighted by atomic mass is 35.5. The minimum atomic E-state index is -1.12. The molecule has 1 unspecified atom stereocenters. The van der Waals surface area contributed by atoms with Crippen molar-refractivity contribution < 1.29 is 9.30 Å². The average Bonchev–Trinajstić information content (AvgIpc) is 2.85. The number of ether oxygens (including phenoxy) is 1. The number of rotatable bonds is 13. The smallest absolute Gasteiger partial charge is 0.335 e. The summed E-state index contributed by atoms with van der Waals surface area (Å²) in [6.45, 7) is 4.55. The highest BCUT2D eigenvalue weighted by molar-refractivity contribution is 7.99. The van der Waals surface area contributed by atoms with E-state index in [0.717, 1.165) is 63.5 Å². The molecule has 0 heterocycles. The third-order valence-corrected chi connectivity index (χ3v) is 8.48. The normalized spacial score (nSPS) is 13.4. The van der Waals surface area contributed by atoms with Crippen LogP contribution in [0.3, 0.4) is 0 Å². The Morgan fingerprint density at radius 1 is 1.00 bits per heavy atom. The monoisotopic (exact) mass is 514 g/mol. The van der Waals surface area contributed by atoms with Gasteiger partial charge < -0.3 is 10.1 Å². The van der Waals surface area contributed by atoms with Crippen molar-refractivity contribution in [1.29, 1.82) is 0 Å². The van der Waals surface area contributed by atoms with E-state index in [1.165, 1.54) is 0 Å². The first-order chi connectivity index (χ1) is 16.4. The number of benzene rings is 3. The Morgan fingerprint density at radius 2 is 1.76 bits per heavy atom. The van der Waals surface area contributed by atoms with Crippen LogP contribution in [0.5, 0.6) is 5.75 Å². The fraction of sp³-hybridized carbons (Fsp3) is 0.357. The van der Waals surface area contributed by atoms with Crippen molar-refractivity contribution in [3.05, 3.63) is 88.9 Å². The molecule has 180 valence electrons. The summed E-state index contributed by atoms with van der Waals surface area (Å²) in [5.41, 5.74) is 2.30. The first-order valence-electron chi connectivity index (χ1n) is 11.7. The second kappa shape index (κ2) is 13.3. The van der Waals surface area contributed by atoms with Crippen LogP contribution in [0.1, 0.15) is 37.3 Å². The Bertz CT molecular complexity index is 1070. The fourth-order valence-corrected chi connectivity index (χ4v) is 5.94. The Morgan fingerprint density at radius 3 is 2.44 bits per heavy atom. The second-order valence-corrected chi connectivity index (χ2v) is 11.8. The third-order valence-electron chi connectivity index (χ3n) is 6.30. The molecule has 0 bridgehead atoms. The lowest BCUT2D eigenvalue weighted by Crippen LogP contribution is -2.43. The van der Waals surface area contributed by atoms with Crippen molar-refractivity contribution >= 4 is 31.2 Å². The van der Waals surface area contributed by atoms with Gasteiger partial charge in [0.05, 0.1) is 0 Å². The van der Waals surface area contributed by atoms with E-state index in [9.17, 15) is 4.57 Å². The summed E-state index contributed by atoms with van der Waals surface area (Å²) >= 11 is 8.36. The maximum absolute atomic E-state index is 11.6. The summed E-state index contributed by atoms with van der Waals surface area (Å²) in [6.07, 6.45) is 4.53. The molecule has 0 amide bonds. The fourth-order valence-electron chi connectivity index (χ4n) is 3.95. The standard InChI is InChI=1S/C28H34ClNO2PS/c1-4-28(30-2,17-18-33(3)31)16-15-23-13-14-26(20-27(23)29)34-25-12-8-11-24(19-25)32-21-22-9-6-5-7-10-22/h5-14,19-20,30H,4,15-18,21H2,1-3H3/q+1/t28-/m0/s1. The van der Waals surface area contributed by atoms with Gasteiger partial charge in [-0.15, -0.1) is 0 Å². The molecule has 0 spiro atoms. The van der Waals surface area contributed by atoms with Gasteiger partial charge in [0.25, 0.3) is 0 Å². The van der Waals surface area contributed by atoms with Crippen LogP contribution in [0.15, 0.2) is 82.6 Å². The Labute approximate surface area is 214 Å². The van der Waals surface area contributed by atoms with Gasteiger partial charge in [0.2, 0.25) is 0 Å². The zero-order chi connectivity index (χ0) is 24.4. The van der Waals surface area contributed by atoms with E-state index in [4.69, 9.17) is 16.3 Å². The van der Waals surface area contributed by atoms with Crippen molar-refractivity contribution in [2.45, 2.75) is 54.5 Å². The van der Waals surface area contributed by atoms with Crippen LogP contribution in [-0.2, 0) is 17.6 Å². The minimum absolute atomic E-state index is 0.00204. The summed E-state index contributed by atoms with van der Waals surface area (Å²) < 4.78 is 17.6. The molecule has 0 radical (unpaired) electrons. The van der Waals surface area contributed by atoms with E-state index in [1.807, 2.05) is 44.0 Å². The Balaban J connectivity index is 1.61. The van der Waals surface area contributed by atoms with Gasteiger partial charge in [-0.2, -0.15) is 0 Å². The van der Waals surface area contributed by atoms with Crippen LogP contribution >= 0.6 is 31.2 Å². The second-order valence-electron chi connectivity index (χ2n) is 8.59. The van der Waals surface area contributed by atoms with Crippen LogP contribution in [0.2, 0.25) is 5.02 Å². The molecule has 0 saturated heterocycles. The SMILES string of the molecule is CC[C@](CCc1ccc(Sc2cccc(OCc3ccccc3)c2)cc1Cl)(CC[P+](C)=O)NC. The largest absolute Gasteiger partial charge is 0.489 e. The van der Waals surface area contributed by atoms with Crippen LogP contribution in [0.25, 0.3) is 0 Å². The third kappa shape index (κ3) is 8.13. The van der Waals surface area contributed by atoms with Gasteiger partial charge >= 0.3 is 7.80 Å². The van der Waals surface area contributed by atoms with Crippen LogP contribution in [0.4, 0.5) is 0 Å². The lowest BCUT2D eigenvalue weighted by Gasteiger charge is -2.31. The van der Waals surface area contributed by atoms with Gasteiger partial charge in [-0.1, -0.05) is 77.3 Å². The highest BCUT2D eigenvalue weighted by Gasteiger charge is 2.28. The van der Waals surface area contributed by atoms with E-state index in [2.05, 4.69) is 54.7 Å². The predicted molar refractivity (Wildman–Crippen MR) is 146 cm³/mol. The molecule has 3 rings (SSSR count). The molecule has 2 atom stereocenters. The molecule has 0 aliphatic heterocycles. The number of aryl methyl sites for hydroxylation is 1. The highest BCUT2D eigenvalue weighted by Crippen LogP contribution is 2.34. The Kier molecular flexibility index (Phi) is 10.5. The zero-order valence-corrected chi connectivity index (χ0v) is 22.7. The molecule has 0 fully saturated rings. The van der Waals surface area contributed by atoms with E-state index in [0.29, 0.717) is 6.61 Å². The number of hydrogen-bond donors (Lipinski definition) is 1. The van der Waals surface area contributed by atoms with E-state index < -0.39 is 7.80 Å². The summed E-state index contributed by atoms with van der Waals surface area (Å²) in [7, 11) is 0.884. The zero-order valence-electron chi connectivity index (χ0n) is 20.2. The Hall–Kier alpha value is -1.84. The summed E-state index contributed by atoms with van der Waals surface area (Å²) in [4.78, 5) is 2.22. The molecular weight excluding hydrogens is 481 g/mol. The van der Waals surface area contributed by atoms with Crippen molar-refractivity contribution in [3.8, 4) is 5.75 Å². The first-order valence-corrected chi connectivity index (χ1v) is 14.8. The minimum Gasteiger partial charge on any atom is -0.489 e. The maximum atomic E-state index is 11.6. The first kappa shape index (κ1) is 26.8. The number of hydrogen-bond acceptors (Lipinski definition) is 4. The van der Waals surface area contributed by atoms with E-state index in [-0.39, 0.29) is 5.54 Å². The molecule has 6 heteroatoms. The van der Waals surface area contributed by atoms with Crippen LogP contribution in [0, 0.1) is 0 Å². The summed E-state index contributed by atoms with van der Waals surface area (Å²) in [5.74, 6) is 0.855. The molecule has 0 saturated carbocycles. The lowest BCUT2D eigenvalue weighted by atomic mass is 9.86. The van der Waals surface area contributed by atoms with Crippen molar-refractivity contribution in [3.63, 3.8) is 0 Å². The predicted octanol–water partition coefficient (Wildman–Crippen LogP) is 8.22. The van der Waals surface area contributed by atoms with Crippen molar-refractivity contribution in [2.75, 3.05) is 19.9 Å². The molecule has 3 aromatic rings. The quantitative estimate of drug-likeness (QED) is 0.233. The molecule has 0 aliphatic carbocycles. The van der Waals surface area contributed by atoms with Gasteiger partial charge in [0.1, 0.15) is 25.2 Å². The lowest BCUT2D eigenvalue weighted by molar-refractivity contribution is 0.303. The molecule has 0 aliphatic rings. The van der Waals surface area contributed by atoms with Gasteiger partial charge in [0, 0.05) is 26.8 Å². The summed E-state index contributed by atoms with van der Waals surface area (Å²) in [5, 5.41) is 4.29. The van der Waals surface area contributed by atoms with Crippen LogP contribution < -0.4 is 10.1 Å². The summed E-state index contributed by atoms with van der Waals surface area (Å²) in [6, 6.07) is 24.7. The molecule has 0 aromatic heterocycles. The van der Waals surface area contributed by atoms with E-state index in [1.54, 1.807) is 11.8 Å². The van der Waals surface area contributed by atoms with Crippen molar-refractivity contribution in [2.24, 2.45) is 0 Å². The molecule has 1 N–H and O–H groups in total. The van der Waals surface area contributed by atoms with Gasteiger partial charge in [-0.05, 0) is 67.8 Å². The van der Waals surface area contributed by atoms with Crippen molar-refractivity contribution in [1.82, 2.24) is 5.32 Å². The van der Waals surface area contributed by atoms with Gasteiger partial charge in [0.15, 0.2) is 0 Å². The average molecular weight is 515 g/mol. The molecule has 3 nitrogen and oxygen atoms in total. The van der Waals surface area contributed by atoms with Gasteiger partial charge in [-0.3, -0.25) is 0 Å². The maximum Gasteiger partial charge on any atom is 0.335 e. The number of nitrogens with one attached hydrogen (secondary N) is 1. The molecule has 3 aromatic carbocycles. The number of halogens is 1. The molecular formula is C28H34ClNO2PS+. The molecule has 34 heavy (non-hydrogen) atoms. The van der Waals surface area contributed by atoms with Crippen LogP contribution in [-0.4, -0.2) is 25.4 Å².